The minimum Gasteiger partial charge on any atom is -0.497 e. The summed E-state index contributed by atoms with van der Waals surface area (Å²) < 4.78 is 22.9. The summed E-state index contributed by atoms with van der Waals surface area (Å²) in [7, 11) is 4.98. The smallest absolute Gasteiger partial charge is 0.407 e. The number of carbonyl (C=O) groups is 1. The number of benzene rings is 2. The summed E-state index contributed by atoms with van der Waals surface area (Å²) in [5.74, 6) is 2.71. The number of nitrogens with one attached hydrogen (secondary N) is 1. The van der Waals surface area contributed by atoms with Crippen molar-refractivity contribution in [2.24, 2.45) is 11.3 Å². The van der Waals surface area contributed by atoms with Crippen molar-refractivity contribution in [3.8, 4) is 28.4 Å². The molecule has 7 heteroatoms. The van der Waals surface area contributed by atoms with Crippen LogP contribution in [0.4, 0.5) is 4.79 Å². The molecule has 0 spiro atoms. The van der Waals surface area contributed by atoms with E-state index in [1.165, 1.54) is 5.56 Å². The minimum atomic E-state index is -0.327. The van der Waals surface area contributed by atoms with E-state index in [0.717, 1.165) is 72.8 Å². The monoisotopic (exact) mass is 480 g/mol. The van der Waals surface area contributed by atoms with Crippen molar-refractivity contribution in [2.75, 3.05) is 41.0 Å². The van der Waals surface area contributed by atoms with Gasteiger partial charge in [0.2, 0.25) is 0 Å². The number of methoxy groups -OCH3 is 3. The van der Waals surface area contributed by atoms with Gasteiger partial charge in [-0.15, -0.1) is 0 Å². The molecule has 0 saturated carbocycles. The number of ether oxygens (including phenoxy) is 4. The van der Waals surface area contributed by atoms with Crippen LogP contribution in [0.3, 0.4) is 0 Å². The van der Waals surface area contributed by atoms with Crippen LogP contribution in [0, 0.1) is 11.3 Å². The molecule has 3 saturated heterocycles. The lowest BCUT2D eigenvalue weighted by Gasteiger charge is -2.44. The Hall–Kier alpha value is -2.93. The van der Waals surface area contributed by atoms with Gasteiger partial charge in [0.15, 0.2) is 0 Å². The third kappa shape index (κ3) is 4.42. The van der Waals surface area contributed by atoms with Gasteiger partial charge in [-0.3, -0.25) is 4.90 Å². The van der Waals surface area contributed by atoms with Crippen LogP contribution in [0.15, 0.2) is 30.3 Å². The van der Waals surface area contributed by atoms with Crippen LogP contribution in [0.1, 0.15) is 43.9 Å². The van der Waals surface area contributed by atoms with Crippen molar-refractivity contribution < 1.29 is 23.7 Å². The highest BCUT2D eigenvalue weighted by Gasteiger charge is 2.42. The summed E-state index contributed by atoms with van der Waals surface area (Å²) in [6.07, 6.45) is 2.72. The Morgan fingerprint density at radius 3 is 2.31 bits per heavy atom. The van der Waals surface area contributed by atoms with Crippen LogP contribution in [-0.4, -0.2) is 58.1 Å². The summed E-state index contributed by atoms with van der Waals surface area (Å²) in [5.41, 5.74) is 3.93. The predicted molar refractivity (Wildman–Crippen MR) is 134 cm³/mol. The van der Waals surface area contributed by atoms with E-state index in [0.29, 0.717) is 5.92 Å². The van der Waals surface area contributed by atoms with E-state index < -0.39 is 0 Å². The molecule has 7 nitrogen and oxygen atoms in total. The minimum absolute atomic E-state index is 0.0149. The van der Waals surface area contributed by atoms with Gasteiger partial charge < -0.3 is 24.3 Å². The second-order valence-corrected chi connectivity index (χ2v) is 10.6. The first-order valence-electron chi connectivity index (χ1n) is 12.5. The van der Waals surface area contributed by atoms with E-state index in [2.05, 4.69) is 36.2 Å². The van der Waals surface area contributed by atoms with Gasteiger partial charge in [0.25, 0.3) is 0 Å². The van der Waals surface area contributed by atoms with E-state index in [9.17, 15) is 4.79 Å². The Morgan fingerprint density at radius 2 is 1.69 bits per heavy atom. The van der Waals surface area contributed by atoms with Crippen LogP contribution < -0.4 is 19.5 Å². The maximum absolute atomic E-state index is 13.0. The molecule has 1 amide bonds. The van der Waals surface area contributed by atoms with Gasteiger partial charge in [-0.25, -0.2) is 4.79 Å². The average molecular weight is 481 g/mol. The number of piperidine rings is 3. The molecule has 3 heterocycles. The third-order valence-corrected chi connectivity index (χ3v) is 8.01. The summed E-state index contributed by atoms with van der Waals surface area (Å²) in [6.45, 7) is 7.46. The highest BCUT2D eigenvalue weighted by Crippen LogP contribution is 2.50. The molecule has 188 valence electrons. The van der Waals surface area contributed by atoms with Gasteiger partial charge in [-0.05, 0) is 85.1 Å². The zero-order chi connectivity index (χ0) is 24.7. The quantitative estimate of drug-likeness (QED) is 0.639. The van der Waals surface area contributed by atoms with Gasteiger partial charge in [0.1, 0.15) is 23.4 Å². The molecule has 35 heavy (non-hydrogen) atoms. The summed E-state index contributed by atoms with van der Waals surface area (Å²) in [4.78, 5) is 15.4. The van der Waals surface area contributed by atoms with Crippen molar-refractivity contribution >= 4 is 6.09 Å². The molecule has 2 bridgehead atoms. The van der Waals surface area contributed by atoms with Crippen molar-refractivity contribution in [1.29, 1.82) is 0 Å². The number of amides is 1. The fraction of sp³-hybridized carbons (Fsp3) is 0.536. The normalized spacial score (nSPS) is 26.1. The van der Waals surface area contributed by atoms with Gasteiger partial charge in [-0.2, -0.15) is 0 Å². The number of carbonyl (C=O) groups excluding carboxylic acids is 1. The summed E-state index contributed by atoms with van der Waals surface area (Å²) >= 11 is 0. The number of nitrogens with zero attached hydrogens (tertiary/aromatic N) is 1. The second kappa shape index (κ2) is 9.26. The van der Waals surface area contributed by atoms with Gasteiger partial charge in [0, 0.05) is 17.7 Å². The van der Waals surface area contributed by atoms with E-state index in [-0.39, 0.29) is 23.7 Å². The third-order valence-electron chi connectivity index (χ3n) is 8.01. The highest BCUT2D eigenvalue weighted by molar-refractivity contribution is 5.79. The van der Waals surface area contributed by atoms with Crippen molar-refractivity contribution in [2.45, 2.75) is 45.3 Å². The van der Waals surface area contributed by atoms with Crippen LogP contribution in [0.25, 0.3) is 11.1 Å². The maximum atomic E-state index is 13.0. The molecule has 1 aliphatic carbocycles. The molecule has 0 radical (unpaired) electrons. The lowest BCUT2D eigenvalue weighted by atomic mass is 9.85. The van der Waals surface area contributed by atoms with Crippen molar-refractivity contribution in [3.05, 3.63) is 41.5 Å². The summed E-state index contributed by atoms with van der Waals surface area (Å²) in [6, 6.07) is 9.79. The van der Waals surface area contributed by atoms with Gasteiger partial charge in [0.05, 0.1) is 27.4 Å². The Balaban J connectivity index is 1.43. The number of hydrogen-bond donors (Lipinski definition) is 1. The number of fused-ring (bicyclic) bond motifs is 4. The number of alkyl carbamates (subject to hydrolysis) is 1. The van der Waals surface area contributed by atoms with Crippen molar-refractivity contribution in [3.63, 3.8) is 0 Å². The van der Waals surface area contributed by atoms with E-state index in [4.69, 9.17) is 18.9 Å². The Labute approximate surface area is 207 Å². The molecule has 1 unspecified atom stereocenters. The molecule has 0 aromatic heterocycles. The van der Waals surface area contributed by atoms with E-state index in [1.54, 1.807) is 21.3 Å². The lowest BCUT2D eigenvalue weighted by molar-refractivity contribution is -0.0349. The van der Waals surface area contributed by atoms with Crippen LogP contribution in [0.2, 0.25) is 0 Å². The lowest BCUT2D eigenvalue weighted by Crippen LogP contribution is -2.53. The Morgan fingerprint density at radius 1 is 0.971 bits per heavy atom. The average Bonchev–Trinajstić information content (AvgIpc) is 3.11. The van der Waals surface area contributed by atoms with Crippen LogP contribution in [-0.2, 0) is 11.2 Å². The zero-order valence-corrected chi connectivity index (χ0v) is 21.3. The molecule has 2 atom stereocenters. The largest absolute Gasteiger partial charge is 0.497 e. The molecule has 4 aliphatic rings. The predicted octanol–water partition coefficient (Wildman–Crippen LogP) is 4.82. The Bertz CT molecular complexity index is 1110. The van der Waals surface area contributed by atoms with Crippen LogP contribution in [0.5, 0.6) is 17.2 Å². The van der Waals surface area contributed by atoms with E-state index in [1.807, 2.05) is 18.2 Å². The fourth-order valence-electron chi connectivity index (χ4n) is 6.09. The molecular formula is C28H36N2O5. The zero-order valence-electron chi connectivity index (χ0n) is 21.3. The van der Waals surface area contributed by atoms with Gasteiger partial charge >= 0.3 is 6.09 Å². The van der Waals surface area contributed by atoms with Crippen molar-refractivity contribution in [1.82, 2.24) is 10.2 Å². The first kappa shape index (κ1) is 23.8. The van der Waals surface area contributed by atoms with Gasteiger partial charge in [-0.1, -0.05) is 13.8 Å². The second-order valence-electron chi connectivity index (χ2n) is 10.6. The molecule has 2 aromatic rings. The standard InChI is InChI=1S/C28H36N2O5/c1-28(2)15-18-12-21(22-13-19(32-3)6-7-23(22)33-4)24(34-5)14-20(18)26(28)29-27(31)35-25-16-30-10-8-17(25)9-11-30/h6-7,12-14,17,25-26H,8-11,15-16H2,1-5H3,(H,29,31)/t25-,26?/m0/s1. The SMILES string of the molecule is COc1ccc(OC)c(-c2cc3c(cc2OC)C(NC(=O)O[C@H]2CN4CCC2CC4)C(C)(C)C3)c1. The van der Waals surface area contributed by atoms with Crippen LogP contribution >= 0.6 is 0 Å². The first-order valence-corrected chi connectivity index (χ1v) is 12.5. The maximum Gasteiger partial charge on any atom is 0.407 e. The molecule has 1 N–H and O–H groups in total. The molecule has 3 fully saturated rings. The molecule has 3 aliphatic heterocycles. The summed E-state index contributed by atoms with van der Waals surface area (Å²) in [5, 5.41) is 3.20. The molecule has 6 rings (SSSR count). The fourth-order valence-corrected chi connectivity index (χ4v) is 6.09. The Kier molecular flexibility index (Phi) is 6.30. The van der Waals surface area contributed by atoms with E-state index >= 15 is 0 Å². The first-order chi connectivity index (χ1) is 16.8. The molecular weight excluding hydrogens is 444 g/mol. The topological polar surface area (TPSA) is 69.3 Å². The highest BCUT2D eigenvalue weighted by atomic mass is 16.6. The number of rotatable bonds is 6. The molecule has 2 aromatic carbocycles. The number of hydrogen-bond acceptors (Lipinski definition) is 6.